The number of carbonyl (C=O) groups is 4. The topological polar surface area (TPSA) is 171 Å². The number of nitrogens with one attached hydrogen (secondary N) is 3. The predicted molar refractivity (Wildman–Crippen MR) is 84.7 cm³/mol. The minimum absolute atomic E-state index is 0.0681. The molecule has 0 radical (unpaired) electrons. The van der Waals surface area contributed by atoms with E-state index in [0.29, 0.717) is 6.42 Å². The van der Waals surface area contributed by atoms with Gasteiger partial charge in [0.05, 0.1) is 6.61 Å². The van der Waals surface area contributed by atoms with Gasteiger partial charge in [-0.05, 0) is 19.3 Å². The number of nitrogens with two attached hydrogens (primary N) is 1. The summed E-state index contributed by atoms with van der Waals surface area (Å²) in [6.45, 7) is 3.97. The summed E-state index contributed by atoms with van der Waals surface area (Å²) < 4.78 is 0. The number of rotatable bonds is 10. The van der Waals surface area contributed by atoms with Crippen LogP contribution < -0.4 is 21.7 Å². The van der Waals surface area contributed by atoms with Crippen LogP contribution in [0.1, 0.15) is 27.2 Å². The molecule has 0 aromatic rings. The van der Waals surface area contributed by atoms with E-state index in [1.54, 1.807) is 0 Å². The highest BCUT2D eigenvalue weighted by Gasteiger charge is 2.26. The quantitative estimate of drug-likeness (QED) is 0.255. The summed E-state index contributed by atoms with van der Waals surface area (Å²) in [5.41, 5.74) is 5.33. The third-order valence-corrected chi connectivity index (χ3v) is 3.04. The average Bonchev–Trinajstić information content (AvgIpc) is 2.50. The van der Waals surface area contributed by atoms with Crippen LogP contribution in [0, 0.1) is 5.92 Å². The number of aliphatic carboxylic acids is 1. The fourth-order valence-electron chi connectivity index (χ4n) is 1.75. The van der Waals surface area contributed by atoms with Crippen molar-refractivity contribution in [1.29, 1.82) is 0 Å². The molecule has 0 aliphatic carbocycles. The van der Waals surface area contributed by atoms with Crippen LogP contribution in [0.5, 0.6) is 0 Å². The van der Waals surface area contributed by atoms with Crippen LogP contribution >= 0.6 is 0 Å². The van der Waals surface area contributed by atoms with Crippen LogP contribution in [-0.4, -0.2) is 65.2 Å². The Bertz CT molecular complexity index is 468. The summed E-state index contributed by atoms with van der Waals surface area (Å²) >= 11 is 0. The molecule has 10 nitrogen and oxygen atoms in total. The molecular weight excluding hydrogens is 320 g/mol. The number of hydrogen-bond acceptors (Lipinski definition) is 6. The normalized spacial score (nSPS) is 14.4. The van der Waals surface area contributed by atoms with E-state index in [-0.39, 0.29) is 5.92 Å². The molecule has 0 fully saturated rings. The fraction of sp³-hybridized carbons (Fsp3) is 0.714. The van der Waals surface area contributed by atoms with Crippen LogP contribution in [0.2, 0.25) is 0 Å². The first-order chi connectivity index (χ1) is 11.1. The van der Waals surface area contributed by atoms with Gasteiger partial charge in [-0.15, -0.1) is 0 Å². The van der Waals surface area contributed by atoms with Crippen LogP contribution in [-0.2, 0) is 19.2 Å². The Morgan fingerprint density at radius 2 is 1.58 bits per heavy atom. The van der Waals surface area contributed by atoms with Gasteiger partial charge < -0.3 is 31.9 Å². The lowest BCUT2D eigenvalue weighted by Crippen LogP contribution is -2.55. The van der Waals surface area contributed by atoms with Gasteiger partial charge in [-0.25, -0.2) is 0 Å². The van der Waals surface area contributed by atoms with Gasteiger partial charge in [0.25, 0.3) is 0 Å². The van der Waals surface area contributed by atoms with Crippen molar-refractivity contribution in [2.75, 3.05) is 13.2 Å². The summed E-state index contributed by atoms with van der Waals surface area (Å²) in [5.74, 6) is -3.07. The van der Waals surface area contributed by atoms with Gasteiger partial charge in [0.1, 0.15) is 24.7 Å². The number of hydrogen-bond donors (Lipinski definition) is 6. The number of aliphatic hydroxyl groups is 1. The molecule has 3 amide bonds. The van der Waals surface area contributed by atoms with Crippen LogP contribution in [0.25, 0.3) is 0 Å². The van der Waals surface area contributed by atoms with Gasteiger partial charge in [-0.3, -0.25) is 19.2 Å². The standard InChI is InChI=1S/C14H26N4O6/c1-7(2)4-10(14(24)16-5-11(20)21)18-12(22)8(3)17-13(23)9(15)6-19/h7-10,19H,4-6,15H2,1-3H3,(H,16,24)(H,17,23)(H,18,22)(H,20,21). The first kappa shape index (κ1) is 21.8. The lowest BCUT2D eigenvalue weighted by molar-refractivity contribution is -0.138. The largest absolute Gasteiger partial charge is 0.480 e. The molecule has 7 N–H and O–H groups in total. The third kappa shape index (κ3) is 8.44. The van der Waals surface area contributed by atoms with Crippen LogP contribution in [0.3, 0.4) is 0 Å². The highest BCUT2D eigenvalue weighted by molar-refractivity contribution is 5.93. The fourth-order valence-corrected chi connectivity index (χ4v) is 1.75. The maximum atomic E-state index is 12.1. The Morgan fingerprint density at radius 1 is 1.00 bits per heavy atom. The number of carbonyl (C=O) groups excluding carboxylic acids is 3. The lowest BCUT2D eigenvalue weighted by Gasteiger charge is -2.22. The molecule has 0 heterocycles. The van der Waals surface area contributed by atoms with Crippen molar-refractivity contribution in [2.24, 2.45) is 11.7 Å². The Labute approximate surface area is 140 Å². The number of carboxylic acids is 1. The molecule has 0 saturated heterocycles. The zero-order valence-electron chi connectivity index (χ0n) is 14.0. The Hall–Kier alpha value is -2.20. The van der Waals surface area contributed by atoms with E-state index in [4.69, 9.17) is 15.9 Å². The maximum Gasteiger partial charge on any atom is 0.322 e. The number of carboxylic acid groups (broad SMARTS) is 1. The second-order valence-electron chi connectivity index (χ2n) is 5.82. The summed E-state index contributed by atoms with van der Waals surface area (Å²) in [7, 11) is 0. The van der Waals surface area contributed by atoms with Gasteiger partial charge in [-0.1, -0.05) is 13.8 Å². The Balaban J connectivity index is 4.76. The average molecular weight is 346 g/mol. The van der Waals surface area contributed by atoms with Crippen molar-refractivity contribution >= 4 is 23.7 Å². The van der Waals surface area contributed by atoms with Crippen molar-refractivity contribution in [1.82, 2.24) is 16.0 Å². The van der Waals surface area contributed by atoms with E-state index in [9.17, 15) is 19.2 Å². The molecule has 0 aromatic carbocycles. The van der Waals surface area contributed by atoms with E-state index >= 15 is 0 Å². The molecular formula is C14H26N4O6. The molecule has 10 heteroatoms. The van der Waals surface area contributed by atoms with Crippen molar-refractivity contribution in [2.45, 2.75) is 45.3 Å². The molecule has 0 aliphatic heterocycles. The summed E-state index contributed by atoms with van der Waals surface area (Å²) in [5, 5.41) is 24.4. The first-order valence-electron chi connectivity index (χ1n) is 7.55. The highest BCUT2D eigenvalue weighted by atomic mass is 16.4. The van der Waals surface area contributed by atoms with Crippen molar-refractivity contribution in [3.63, 3.8) is 0 Å². The summed E-state index contributed by atoms with van der Waals surface area (Å²) in [6, 6.07) is -3.05. The number of aliphatic hydroxyl groups excluding tert-OH is 1. The van der Waals surface area contributed by atoms with Gasteiger partial charge >= 0.3 is 5.97 Å². The van der Waals surface area contributed by atoms with Crippen LogP contribution in [0.4, 0.5) is 0 Å². The molecule has 24 heavy (non-hydrogen) atoms. The molecule has 3 atom stereocenters. The second kappa shape index (κ2) is 10.6. The molecule has 3 unspecified atom stereocenters. The molecule has 0 rings (SSSR count). The Morgan fingerprint density at radius 3 is 2.04 bits per heavy atom. The van der Waals surface area contributed by atoms with Crippen molar-refractivity contribution in [3.8, 4) is 0 Å². The van der Waals surface area contributed by atoms with E-state index in [2.05, 4.69) is 16.0 Å². The van der Waals surface area contributed by atoms with E-state index < -0.39 is 55.0 Å². The Kier molecular flexibility index (Phi) is 9.58. The SMILES string of the molecule is CC(C)CC(NC(=O)C(C)NC(=O)C(N)CO)C(=O)NCC(=O)O. The minimum Gasteiger partial charge on any atom is -0.480 e. The number of amides is 3. The van der Waals surface area contributed by atoms with E-state index in [0.717, 1.165) is 0 Å². The molecule has 0 aromatic heterocycles. The lowest BCUT2D eigenvalue weighted by atomic mass is 10.0. The van der Waals surface area contributed by atoms with E-state index in [1.165, 1.54) is 6.92 Å². The van der Waals surface area contributed by atoms with Crippen molar-refractivity contribution in [3.05, 3.63) is 0 Å². The maximum absolute atomic E-state index is 12.1. The summed E-state index contributed by atoms with van der Waals surface area (Å²) in [6.07, 6.45) is 0.300. The third-order valence-electron chi connectivity index (χ3n) is 3.04. The molecule has 0 bridgehead atoms. The van der Waals surface area contributed by atoms with Crippen molar-refractivity contribution < 1.29 is 29.4 Å². The zero-order chi connectivity index (χ0) is 18.9. The van der Waals surface area contributed by atoms with Crippen LogP contribution in [0.15, 0.2) is 0 Å². The smallest absolute Gasteiger partial charge is 0.322 e. The summed E-state index contributed by atoms with van der Waals surface area (Å²) in [4.78, 5) is 46.1. The van der Waals surface area contributed by atoms with Gasteiger partial charge in [0.15, 0.2) is 0 Å². The highest BCUT2D eigenvalue weighted by Crippen LogP contribution is 2.05. The van der Waals surface area contributed by atoms with Gasteiger partial charge in [-0.2, -0.15) is 0 Å². The monoisotopic (exact) mass is 346 g/mol. The zero-order valence-corrected chi connectivity index (χ0v) is 14.0. The second-order valence-corrected chi connectivity index (χ2v) is 5.82. The van der Waals surface area contributed by atoms with E-state index in [1.807, 2.05) is 13.8 Å². The van der Waals surface area contributed by atoms with Gasteiger partial charge in [0, 0.05) is 0 Å². The minimum atomic E-state index is -1.20. The molecule has 138 valence electrons. The molecule has 0 saturated carbocycles. The molecule has 0 aliphatic rings. The molecule has 0 spiro atoms. The van der Waals surface area contributed by atoms with Gasteiger partial charge in [0.2, 0.25) is 17.7 Å². The first-order valence-corrected chi connectivity index (χ1v) is 7.55. The predicted octanol–water partition coefficient (Wildman–Crippen LogP) is -2.46.